The molecule has 0 heterocycles. The second-order valence-electron chi connectivity index (χ2n) is 5.67. The van der Waals surface area contributed by atoms with Crippen molar-refractivity contribution in [3.63, 3.8) is 0 Å². The number of hydrogen-bond donors (Lipinski definition) is 3. The van der Waals surface area contributed by atoms with E-state index in [4.69, 9.17) is 0 Å². The zero-order chi connectivity index (χ0) is 16.5. The lowest BCUT2D eigenvalue weighted by atomic mass is 9.96. The lowest BCUT2D eigenvalue weighted by Crippen LogP contribution is -2.44. The van der Waals surface area contributed by atoms with Crippen LogP contribution in [0.25, 0.3) is 0 Å². The molecule has 0 aliphatic rings. The van der Waals surface area contributed by atoms with Crippen molar-refractivity contribution in [2.24, 2.45) is 4.99 Å². The Morgan fingerprint density at radius 3 is 2.17 bits per heavy atom. The molecule has 0 radical (unpaired) electrons. The Morgan fingerprint density at radius 1 is 1.00 bits per heavy atom. The summed E-state index contributed by atoms with van der Waals surface area (Å²) in [7, 11) is 0. The van der Waals surface area contributed by atoms with Gasteiger partial charge in [-0.2, -0.15) is 0 Å². The van der Waals surface area contributed by atoms with Gasteiger partial charge in [0.25, 0.3) is 0 Å². The first-order valence-corrected chi connectivity index (χ1v) is 7.96. The lowest BCUT2D eigenvalue weighted by molar-refractivity contribution is 0.0617. The van der Waals surface area contributed by atoms with Crippen molar-refractivity contribution in [3.05, 3.63) is 71.8 Å². The summed E-state index contributed by atoms with van der Waals surface area (Å²) in [4.78, 5) is 4.56. The van der Waals surface area contributed by atoms with E-state index in [2.05, 4.69) is 15.6 Å². The first kappa shape index (κ1) is 20.4. The second kappa shape index (κ2) is 10.3. The number of rotatable bonds is 6. The van der Waals surface area contributed by atoms with Crippen molar-refractivity contribution in [1.29, 1.82) is 0 Å². The van der Waals surface area contributed by atoms with Gasteiger partial charge in [0.2, 0.25) is 0 Å². The minimum Gasteiger partial charge on any atom is -0.384 e. The fraction of sp³-hybridized carbons (Fsp3) is 0.316. The molecule has 1 atom stereocenters. The molecule has 0 spiro atoms. The zero-order valence-electron chi connectivity index (χ0n) is 14.2. The van der Waals surface area contributed by atoms with Crippen LogP contribution in [0.5, 0.6) is 0 Å². The predicted molar refractivity (Wildman–Crippen MR) is 111 cm³/mol. The van der Waals surface area contributed by atoms with Gasteiger partial charge in [-0.1, -0.05) is 60.7 Å². The van der Waals surface area contributed by atoms with Crippen molar-refractivity contribution in [2.45, 2.75) is 26.0 Å². The van der Waals surface area contributed by atoms with Crippen LogP contribution in [0.2, 0.25) is 0 Å². The van der Waals surface area contributed by atoms with Crippen LogP contribution in [-0.4, -0.2) is 24.2 Å². The number of nitrogens with zero attached hydrogens (tertiary/aromatic N) is 1. The van der Waals surface area contributed by atoms with Gasteiger partial charge in [0.1, 0.15) is 5.60 Å². The highest BCUT2D eigenvalue weighted by Crippen LogP contribution is 2.18. The van der Waals surface area contributed by atoms with Crippen LogP contribution in [0.1, 0.15) is 25.0 Å². The van der Waals surface area contributed by atoms with Gasteiger partial charge in [0, 0.05) is 6.54 Å². The van der Waals surface area contributed by atoms with E-state index in [0.717, 1.165) is 17.7 Å². The van der Waals surface area contributed by atoms with Gasteiger partial charge in [-0.05, 0) is 25.0 Å². The van der Waals surface area contributed by atoms with E-state index >= 15 is 0 Å². The van der Waals surface area contributed by atoms with Gasteiger partial charge in [0.15, 0.2) is 5.96 Å². The van der Waals surface area contributed by atoms with Gasteiger partial charge in [-0.3, -0.25) is 0 Å². The molecule has 130 valence electrons. The van der Waals surface area contributed by atoms with Crippen LogP contribution in [0.4, 0.5) is 0 Å². The number of benzene rings is 2. The Hall–Kier alpha value is -1.60. The van der Waals surface area contributed by atoms with Gasteiger partial charge < -0.3 is 15.7 Å². The van der Waals surface area contributed by atoms with Gasteiger partial charge in [0.05, 0.1) is 13.1 Å². The SMILES string of the molecule is CCNC(=NCc1ccccc1)NCC(C)(O)c1ccccc1.I. The number of aliphatic hydroxyl groups is 1. The standard InChI is InChI=1S/C19H25N3O.HI/c1-3-20-18(21-14-16-10-6-4-7-11-16)22-15-19(2,23)17-12-8-5-9-13-17;/h4-13,23H,3,14-15H2,1-2H3,(H2,20,21,22);1H. The van der Waals surface area contributed by atoms with Gasteiger partial charge in [-0.25, -0.2) is 4.99 Å². The normalized spacial score (nSPS) is 13.5. The molecule has 24 heavy (non-hydrogen) atoms. The molecule has 4 nitrogen and oxygen atoms in total. The van der Waals surface area contributed by atoms with Crippen molar-refractivity contribution in [3.8, 4) is 0 Å². The van der Waals surface area contributed by atoms with Gasteiger partial charge in [-0.15, -0.1) is 24.0 Å². The van der Waals surface area contributed by atoms with E-state index in [1.807, 2.05) is 67.6 Å². The van der Waals surface area contributed by atoms with E-state index in [1.54, 1.807) is 6.92 Å². The summed E-state index contributed by atoms with van der Waals surface area (Å²) < 4.78 is 0. The molecule has 0 aliphatic heterocycles. The average Bonchev–Trinajstić information content (AvgIpc) is 2.59. The third kappa shape index (κ3) is 6.49. The monoisotopic (exact) mass is 439 g/mol. The van der Waals surface area contributed by atoms with Crippen LogP contribution >= 0.6 is 24.0 Å². The van der Waals surface area contributed by atoms with E-state index in [9.17, 15) is 5.11 Å². The number of nitrogens with one attached hydrogen (secondary N) is 2. The number of aliphatic imine (C=N–C) groups is 1. The van der Waals surface area contributed by atoms with Crippen LogP contribution in [0.3, 0.4) is 0 Å². The van der Waals surface area contributed by atoms with E-state index in [0.29, 0.717) is 19.0 Å². The Morgan fingerprint density at radius 2 is 1.58 bits per heavy atom. The van der Waals surface area contributed by atoms with Crippen LogP contribution in [-0.2, 0) is 12.1 Å². The molecule has 2 aromatic rings. The number of halogens is 1. The number of hydrogen-bond acceptors (Lipinski definition) is 2. The van der Waals surface area contributed by atoms with E-state index < -0.39 is 5.60 Å². The van der Waals surface area contributed by atoms with Crippen LogP contribution in [0.15, 0.2) is 65.7 Å². The quantitative estimate of drug-likeness (QED) is 0.368. The van der Waals surface area contributed by atoms with Crippen LogP contribution in [0, 0.1) is 0 Å². The molecule has 0 aliphatic carbocycles. The van der Waals surface area contributed by atoms with Crippen molar-refractivity contribution < 1.29 is 5.11 Å². The number of guanidine groups is 1. The first-order chi connectivity index (χ1) is 11.1. The summed E-state index contributed by atoms with van der Waals surface area (Å²) in [6.07, 6.45) is 0. The largest absolute Gasteiger partial charge is 0.384 e. The van der Waals surface area contributed by atoms with Crippen LogP contribution < -0.4 is 10.6 Å². The van der Waals surface area contributed by atoms with Crippen molar-refractivity contribution >= 4 is 29.9 Å². The molecule has 0 amide bonds. The molecule has 1 unspecified atom stereocenters. The Labute approximate surface area is 161 Å². The topological polar surface area (TPSA) is 56.7 Å². The minimum absolute atomic E-state index is 0. The fourth-order valence-corrected chi connectivity index (χ4v) is 2.25. The molecular formula is C19H26IN3O. The minimum atomic E-state index is -0.954. The summed E-state index contributed by atoms with van der Waals surface area (Å²) in [6, 6.07) is 19.8. The Kier molecular flexibility index (Phi) is 8.78. The summed E-state index contributed by atoms with van der Waals surface area (Å²) in [5.41, 5.74) is 1.08. The average molecular weight is 439 g/mol. The van der Waals surface area contributed by atoms with E-state index in [-0.39, 0.29) is 24.0 Å². The molecule has 2 aromatic carbocycles. The molecule has 0 saturated heterocycles. The highest BCUT2D eigenvalue weighted by atomic mass is 127. The maximum Gasteiger partial charge on any atom is 0.191 e. The molecule has 0 bridgehead atoms. The maximum atomic E-state index is 10.6. The predicted octanol–water partition coefficient (Wildman–Crippen LogP) is 3.27. The lowest BCUT2D eigenvalue weighted by Gasteiger charge is -2.25. The van der Waals surface area contributed by atoms with Gasteiger partial charge >= 0.3 is 0 Å². The fourth-order valence-electron chi connectivity index (χ4n) is 2.25. The molecule has 3 N–H and O–H groups in total. The third-order valence-electron chi connectivity index (χ3n) is 3.60. The molecule has 2 rings (SSSR count). The van der Waals surface area contributed by atoms with Crippen molar-refractivity contribution in [2.75, 3.05) is 13.1 Å². The zero-order valence-corrected chi connectivity index (χ0v) is 16.5. The summed E-state index contributed by atoms with van der Waals surface area (Å²) in [5, 5.41) is 17.1. The Bertz CT molecular complexity index is 615. The highest BCUT2D eigenvalue weighted by Gasteiger charge is 2.22. The van der Waals surface area contributed by atoms with E-state index in [1.165, 1.54) is 0 Å². The second-order valence-corrected chi connectivity index (χ2v) is 5.67. The molecule has 0 fully saturated rings. The molecule has 0 aromatic heterocycles. The highest BCUT2D eigenvalue weighted by molar-refractivity contribution is 14.0. The summed E-state index contributed by atoms with van der Waals surface area (Å²) >= 11 is 0. The molecule has 5 heteroatoms. The van der Waals surface area contributed by atoms with Crippen molar-refractivity contribution in [1.82, 2.24) is 10.6 Å². The first-order valence-electron chi connectivity index (χ1n) is 7.96. The molecular weight excluding hydrogens is 413 g/mol. The Balaban J connectivity index is 0.00000288. The summed E-state index contributed by atoms with van der Waals surface area (Å²) in [5.74, 6) is 0.701. The summed E-state index contributed by atoms with van der Waals surface area (Å²) in [6.45, 7) is 5.58. The third-order valence-corrected chi connectivity index (χ3v) is 3.60. The molecule has 0 saturated carbocycles. The smallest absolute Gasteiger partial charge is 0.191 e. The maximum absolute atomic E-state index is 10.6.